The van der Waals surface area contributed by atoms with Crippen LogP contribution in [0.15, 0.2) is 23.0 Å². The molecule has 1 heterocycles. The zero-order valence-electron chi connectivity index (χ0n) is 9.48. The third kappa shape index (κ3) is 1.73. The number of hydrogen-bond acceptors (Lipinski definition) is 4. The van der Waals surface area contributed by atoms with Gasteiger partial charge in [0, 0.05) is 10.9 Å². The number of ketones is 1. The lowest BCUT2D eigenvalue weighted by atomic mass is 10.1. The maximum absolute atomic E-state index is 11.6. The molecule has 0 aliphatic heterocycles. The molecule has 0 bridgehead atoms. The first-order valence-electron chi connectivity index (χ1n) is 5.11. The summed E-state index contributed by atoms with van der Waals surface area (Å²) in [6.07, 6.45) is 0. The number of aromatic hydroxyl groups is 1. The molecule has 0 saturated carbocycles. The fourth-order valence-corrected chi connectivity index (χ4v) is 1.76. The molecular weight excluding hydrogens is 236 g/mol. The number of aromatic amines is 1. The number of fused-ring (bicyclic) bond motifs is 1. The van der Waals surface area contributed by atoms with Crippen molar-refractivity contribution in [1.29, 1.82) is 0 Å². The Morgan fingerprint density at radius 2 is 2.00 bits per heavy atom. The minimum Gasteiger partial charge on any atom is -0.506 e. The number of primary amides is 1. The van der Waals surface area contributed by atoms with Crippen molar-refractivity contribution < 1.29 is 14.7 Å². The molecule has 0 atom stereocenters. The molecule has 0 radical (unpaired) electrons. The lowest BCUT2D eigenvalue weighted by molar-refractivity contribution is 0.0994. The maximum atomic E-state index is 11.6. The third-order valence-corrected chi connectivity index (χ3v) is 2.62. The van der Waals surface area contributed by atoms with E-state index < -0.39 is 23.0 Å². The van der Waals surface area contributed by atoms with E-state index in [1.165, 1.54) is 25.1 Å². The van der Waals surface area contributed by atoms with Gasteiger partial charge in [-0.3, -0.25) is 14.4 Å². The van der Waals surface area contributed by atoms with Crippen LogP contribution in [0.2, 0.25) is 0 Å². The van der Waals surface area contributed by atoms with Crippen molar-refractivity contribution in [3.8, 4) is 5.75 Å². The van der Waals surface area contributed by atoms with E-state index in [-0.39, 0.29) is 22.0 Å². The third-order valence-electron chi connectivity index (χ3n) is 2.62. The van der Waals surface area contributed by atoms with Crippen LogP contribution in [0.5, 0.6) is 5.75 Å². The van der Waals surface area contributed by atoms with Crippen molar-refractivity contribution in [3.63, 3.8) is 0 Å². The first-order valence-corrected chi connectivity index (χ1v) is 5.11. The van der Waals surface area contributed by atoms with Gasteiger partial charge < -0.3 is 15.8 Å². The van der Waals surface area contributed by atoms with Gasteiger partial charge in [-0.15, -0.1) is 0 Å². The largest absolute Gasteiger partial charge is 0.506 e. The summed E-state index contributed by atoms with van der Waals surface area (Å²) in [5, 5.41) is 10.2. The molecule has 1 aromatic carbocycles. The predicted molar refractivity (Wildman–Crippen MR) is 64.8 cm³/mol. The maximum Gasteiger partial charge on any atom is 0.263 e. The first kappa shape index (κ1) is 11.8. The van der Waals surface area contributed by atoms with Gasteiger partial charge in [0.25, 0.3) is 5.56 Å². The van der Waals surface area contributed by atoms with Crippen LogP contribution in [0, 0.1) is 0 Å². The number of rotatable bonds is 2. The minimum absolute atomic E-state index is 0.202. The van der Waals surface area contributed by atoms with Crippen LogP contribution in [-0.4, -0.2) is 21.8 Å². The van der Waals surface area contributed by atoms with Crippen LogP contribution in [0.4, 0.5) is 0 Å². The molecule has 92 valence electrons. The molecule has 1 aromatic heterocycles. The van der Waals surface area contributed by atoms with Gasteiger partial charge in [-0.1, -0.05) is 0 Å². The van der Waals surface area contributed by atoms with Gasteiger partial charge in [-0.05, 0) is 25.1 Å². The molecule has 0 unspecified atom stereocenters. The number of Topliss-reactive ketones (excluding diaryl/α,β-unsaturated/α-hetero) is 1. The van der Waals surface area contributed by atoms with Gasteiger partial charge in [-0.2, -0.15) is 0 Å². The fourth-order valence-electron chi connectivity index (χ4n) is 1.76. The Hall–Kier alpha value is -2.63. The number of carbonyl (C=O) groups excluding carboxylic acids is 2. The molecule has 6 nitrogen and oxygen atoms in total. The highest BCUT2D eigenvalue weighted by atomic mass is 16.3. The number of nitrogens with two attached hydrogens (primary N) is 1. The average Bonchev–Trinajstić information content (AvgIpc) is 2.27. The van der Waals surface area contributed by atoms with Gasteiger partial charge in [0.05, 0.1) is 5.52 Å². The lowest BCUT2D eigenvalue weighted by Gasteiger charge is -2.05. The number of benzene rings is 1. The average molecular weight is 246 g/mol. The van der Waals surface area contributed by atoms with E-state index >= 15 is 0 Å². The highest BCUT2D eigenvalue weighted by Gasteiger charge is 2.16. The van der Waals surface area contributed by atoms with Gasteiger partial charge in [0.1, 0.15) is 11.3 Å². The zero-order valence-corrected chi connectivity index (χ0v) is 9.48. The van der Waals surface area contributed by atoms with Crippen LogP contribution >= 0.6 is 0 Å². The summed E-state index contributed by atoms with van der Waals surface area (Å²) in [6, 6.07) is 4.18. The van der Waals surface area contributed by atoms with E-state index in [2.05, 4.69) is 4.98 Å². The van der Waals surface area contributed by atoms with Crippen molar-refractivity contribution in [2.24, 2.45) is 5.73 Å². The number of hydrogen-bond donors (Lipinski definition) is 3. The number of pyridine rings is 1. The molecule has 2 rings (SSSR count). The van der Waals surface area contributed by atoms with E-state index in [9.17, 15) is 19.5 Å². The van der Waals surface area contributed by atoms with E-state index in [1.807, 2.05) is 0 Å². The predicted octanol–water partition coefficient (Wildman–Crippen LogP) is 0.535. The number of aromatic nitrogens is 1. The summed E-state index contributed by atoms with van der Waals surface area (Å²) >= 11 is 0. The normalized spacial score (nSPS) is 10.5. The molecule has 0 fully saturated rings. The van der Waals surface area contributed by atoms with Crippen molar-refractivity contribution >= 4 is 22.6 Å². The summed E-state index contributed by atoms with van der Waals surface area (Å²) in [4.78, 5) is 36.3. The molecule has 4 N–H and O–H groups in total. The number of H-pyrrole nitrogens is 1. The van der Waals surface area contributed by atoms with Crippen LogP contribution in [0.3, 0.4) is 0 Å². The second-order valence-electron chi connectivity index (χ2n) is 3.86. The molecule has 0 saturated heterocycles. The van der Waals surface area contributed by atoms with Gasteiger partial charge >= 0.3 is 0 Å². The molecule has 1 amide bonds. The summed E-state index contributed by atoms with van der Waals surface area (Å²) in [6.45, 7) is 1.19. The van der Waals surface area contributed by atoms with Gasteiger partial charge in [0.2, 0.25) is 5.91 Å². The topological polar surface area (TPSA) is 113 Å². The fraction of sp³-hybridized carbons (Fsp3) is 0.0833. The molecule has 18 heavy (non-hydrogen) atoms. The Bertz CT molecular complexity index is 731. The SMILES string of the molecule is CC(=O)c1c(O)c2ccc(C(N)=O)cc2[nH]c1=O. The van der Waals surface area contributed by atoms with Crippen molar-refractivity contribution in [1.82, 2.24) is 4.98 Å². The summed E-state index contributed by atoms with van der Waals surface area (Å²) in [5.74, 6) is -1.57. The van der Waals surface area contributed by atoms with Crippen molar-refractivity contribution in [3.05, 3.63) is 39.7 Å². The van der Waals surface area contributed by atoms with Crippen LogP contribution in [0.1, 0.15) is 27.6 Å². The Labute approximate surface area is 101 Å². The minimum atomic E-state index is -0.700. The van der Waals surface area contributed by atoms with Crippen LogP contribution in [0.25, 0.3) is 10.9 Å². The highest BCUT2D eigenvalue weighted by molar-refractivity contribution is 6.03. The van der Waals surface area contributed by atoms with Crippen molar-refractivity contribution in [2.75, 3.05) is 0 Å². The Morgan fingerprint density at radius 3 is 2.56 bits per heavy atom. The van der Waals surface area contributed by atoms with Gasteiger partial charge in [0.15, 0.2) is 5.78 Å². The molecular formula is C12H10N2O4. The summed E-state index contributed by atoms with van der Waals surface area (Å²) in [7, 11) is 0. The number of carbonyl (C=O) groups is 2. The van der Waals surface area contributed by atoms with Crippen molar-refractivity contribution in [2.45, 2.75) is 6.92 Å². The second-order valence-corrected chi connectivity index (χ2v) is 3.86. The summed E-state index contributed by atoms with van der Waals surface area (Å²) in [5.41, 5.74) is 4.57. The number of amides is 1. The molecule has 0 spiro atoms. The monoisotopic (exact) mass is 246 g/mol. The highest BCUT2D eigenvalue weighted by Crippen LogP contribution is 2.25. The van der Waals surface area contributed by atoms with Gasteiger partial charge in [-0.25, -0.2) is 0 Å². The van der Waals surface area contributed by atoms with Crippen LogP contribution in [-0.2, 0) is 0 Å². The first-order chi connectivity index (χ1) is 8.41. The van der Waals surface area contributed by atoms with E-state index in [0.717, 1.165) is 0 Å². The Morgan fingerprint density at radius 1 is 1.33 bits per heavy atom. The van der Waals surface area contributed by atoms with E-state index in [1.54, 1.807) is 0 Å². The van der Waals surface area contributed by atoms with E-state index in [4.69, 9.17) is 5.73 Å². The van der Waals surface area contributed by atoms with E-state index in [0.29, 0.717) is 0 Å². The Balaban J connectivity index is 2.86. The number of nitrogens with one attached hydrogen (secondary N) is 1. The second kappa shape index (κ2) is 3.99. The standard InChI is InChI=1S/C12H10N2O4/c1-5(15)9-10(16)7-3-2-6(11(13)17)4-8(7)14-12(9)18/h2-4H,1H3,(H2,13,17)(H2,14,16,18). The Kier molecular flexibility index (Phi) is 2.63. The smallest absolute Gasteiger partial charge is 0.263 e. The lowest BCUT2D eigenvalue weighted by Crippen LogP contribution is -2.17. The quantitative estimate of drug-likeness (QED) is 0.671. The summed E-state index contributed by atoms with van der Waals surface area (Å²) < 4.78 is 0. The molecule has 2 aromatic rings. The molecule has 6 heteroatoms. The molecule has 0 aliphatic rings. The zero-order chi connectivity index (χ0) is 13.4. The molecule has 0 aliphatic carbocycles. The van der Waals surface area contributed by atoms with Crippen LogP contribution < -0.4 is 11.3 Å².